The Labute approximate surface area is 185 Å². The summed E-state index contributed by atoms with van der Waals surface area (Å²) in [6, 6.07) is 5.75. The summed E-state index contributed by atoms with van der Waals surface area (Å²) in [5.74, 6) is 0.514. The Kier molecular flexibility index (Phi) is 7.33. The van der Waals surface area contributed by atoms with Crippen molar-refractivity contribution in [1.82, 2.24) is 9.80 Å². The molecule has 3 fully saturated rings. The number of aromatic hydroxyl groups is 1. The number of likely N-dealkylation sites (tertiary alicyclic amines) is 2. The van der Waals surface area contributed by atoms with Gasteiger partial charge in [-0.2, -0.15) is 0 Å². The first-order chi connectivity index (χ1) is 15.1. The van der Waals surface area contributed by atoms with Crippen LogP contribution in [0.25, 0.3) is 0 Å². The smallest absolute Gasteiger partial charge is 0.337 e. The van der Waals surface area contributed by atoms with Crippen LogP contribution >= 0.6 is 0 Å². The van der Waals surface area contributed by atoms with Gasteiger partial charge in [-0.05, 0) is 69.8 Å². The second kappa shape index (κ2) is 10.4. The average Bonchev–Trinajstić information content (AvgIpc) is 3.35. The number of nitrogens with one attached hydrogen (secondary N) is 1. The fourth-order valence-electron chi connectivity index (χ4n) is 5.13. The van der Waals surface area contributed by atoms with Crippen molar-refractivity contribution in [2.24, 2.45) is 4.99 Å². The molecule has 2 saturated heterocycles. The van der Waals surface area contributed by atoms with E-state index in [1.165, 1.54) is 58.4 Å². The number of carbonyl (C=O) groups is 1. The fourth-order valence-corrected chi connectivity index (χ4v) is 5.13. The van der Waals surface area contributed by atoms with E-state index in [1.807, 2.05) is 0 Å². The van der Waals surface area contributed by atoms with Crippen molar-refractivity contribution in [3.05, 3.63) is 23.8 Å². The van der Waals surface area contributed by atoms with Crippen LogP contribution in [0.4, 0.5) is 5.69 Å². The average molecular weight is 429 g/mol. The Bertz CT molecular complexity index is 777. The Hall–Kier alpha value is -2.28. The molecule has 170 valence electrons. The molecule has 0 unspecified atom stereocenters. The summed E-state index contributed by atoms with van der Waals surface area (Å²) in [5.41, 5.74) is 0.909. The van der Waals surface area contributed by atoms with Crippen LogP contribution in [-0.4, -0.2) is 72.2 Å². The second-order valence-electron chi connectivity index (χ2n) is 9.05. The number of piperidine rings is 1. The minimum absolute atomic E-state index is 0.107. The van der Waals surface area contributed by atoms with Crippen molar-refractivity contribution in [2.45, 2.75) is 69.9 Å². The van der Waals surface area contributed by atoms with Gasteiger partial charge in [-0.1, -0.05) is 19.3 Å². The largest absolute Gasteiger partial charge is 0.506 e. The molecule has 2 N–H and O–H groups in total. The highest BCUT2D eigenvalue weighted by atomic mass is 16.5. The zero-order chi connectivity index (χ0) is 21.6. The number of phenolic OH excluding ortho intramolecular Hbond substituents is 1. The maximum absolute atomic E-state index is 12.0. The maximum Gasteiger partial charge on any atom is 0.337 e. The monoisotopic (exact) mass is 428 g/mol. The summed E-state index contributed by atoms with van der Waals surface area (Å²) in [6.07, 6.45) is 10.9. The molecule has 0 aromatic heterocycles. The molecular weight excluding hydrogens is 392 g/mol. The SMILES string of the molecule is COC(=O)c1ccc(O)c(NC(=NC2CCCCC2)N2CCC(N3CCCC3)CC2)c1. The summed E-state index contributed by atoms with van der Waals surface area (Å²) in [5, 5.41) is 13.8. The number of benzene rings is 1. The molecule has 0 amide bonds. The van der Waals surface area contributed by atoms with Gasteiger partial charge in [0.1, 0.15) is 5.75 Å². The zero-order valence-electron chi connectivity index (χ0n) is 18.7. The third-order valence-electron chi connectivity index (χ3n) is 6.96. The summed E-state index contributed by atoms with van der Waals surface area (Å²) >= 11 is 0. The molecule has 0 atom stereocenters. The van der Waals surface area contributed by atoms with Gasteiger partial charge in [-0.15, -0.1) is 0 Å². The molecule has 2 aliphatic heterocycles. The van der Waals surface area contributed by atoms with Gasteiger partial charge in [-0.25, -0.2) is 9.79 Å². The number of hydrogen-bond acceptors (Lipinski definition) is 5. The third-order valence-corrected chi connectivity index (χ3v) is 6.96. The Morgan fingerprint density at radius 2 is 1.74 bits per heavy atom. The highest BCUT2D eigenvalue weighted by Crippen LogP contribution is 2.28. The molecule has 4 rings (SSSR count). The Morgan fingerprint density at radius 3 is 2.42 bits per heavy atom. The topological polar surface area (TPSA) is 77.4 Å². The molecule has 1 saturated carbocycles. The van der Waals surface area contributed by atoms with Gasteiger partial charge in [-0.3, -0.25) is 0 Å². The van der Waals surface area contributed by atoms with Crippen LogP contribution in [0.1, 0.15) is 68.1 Å². The third kappa shape index (κ3) is 5.50. The standard InChI is InChI=1S/C24H36N4O3/c1-31-23(30)18-9-10-22(29)21(17-18)26-24(25-19-7-3-2-4-8-19)28-15-11-20(12-16-28)27-13-5-6-14-27/h9-10,17,19-20,29H,2-8,11-16H2,1H3,(H,25,26). The molecule has 1 aromatic carbocycles. The molecule has 7 heteroatoms. The highest BCUT2D eigenvalue weighted by molar-refractivity contribution is 5.97. The van der Waals surface area contributed by atoms with E-state index in [0.717, 1.165) is 44.7 Å². The number of carbonyl (C=O) groups excluding carboxylic acids is 1. The van der Waals surface area contributed by atoms with Gasteiger partial charge in [0.25, 0.3) is 0 Å². The van der Waals surface area contributed by atoms with Crippen molar-refractivity contribution in [3.63, 3.8) is 0 Å². The molecule has 7 nitrogen and oxygen atoms in total. The van der Waals surface area contributed by atoms with Gasteiger partial charge in [0.15, 0.2) is 5.96 Å². The second-order valence-corrected chi connectivity index (χ2v) is 9.05. The number of aliphatic imine (C=N–C) groups is 1. The number of nitrogens with zero attached hydrogens (tertiary/aromatic N) is 3. The van der Waals surface area contributed by atoms with Gasteiger partial charge in [0.2, 0.25) is 0 Å². The van der Waals surface area contributed by atoms with Crippen LogP contribution in [0.3, 0.4) is 0 Å². The normalized spacial score (nSPS) is 22.0. The molecular formula is C24H36N4O3. The number of anilines is 1. The highest BCUT2D eigenvalue weighted by Gasteiger charge is 2.28. The van der Waals surface area contributed by atoms with Crippen LogP contribution in [0.15, 0.2) is 23.2 Å². The number of hydrogen-bond donors (Lipinski definition) is 2. The molecule has 3 aliphatic rings. The summed E-state index contributed by atoms with van der Waals surface area (Å²) in [7, 11) is 1.36. The van der Waals surface area contributed by atoms with Crippen LogP contribution < -0.4 is 5.32 Å². The lowest BCUT2D eigenvalue weighted by molar-refractivity contribution is 0.0601. The van der Waals surface area contributed by atoms with E-state index in [4.69, 9.17) is 9.73 Å². The fraction of sp³-hybridized carbons (Fsp3) is 0.667. The first-order valence-electron chi connectivity index (χ1n) is 11.9. The van der Waals surface area contributed by atoms with Gasteiger partial charge in [0, 0.05) is 19.1 Å². The first kappa shape index (κ1) is 21.9. The van der Waals surface area contributed by atoms with E-state index in [-0.39, 0.29) is 5.75 Å². The van der Waals surface area contributed by atoms with Gasteiger partial charge in [0.05, 0.1) is 24.4 Å². The number of esters is 1. The summed E-state index contributed by atoms with van der Waals surface area (Å²) in [6.45, 7) is 4.38. The minimum atomic E-state index is -0.416. The lowest BCUT2D eigenvalue weighted by Gasteiger charge is -2.38. The molecule has 2 heterocycles. The van der Waals surface area contributed by atoms with E-state index < -0.39 is 5.97 Å². The number of phenols is 1. The molecule has 0 bridgehead atoms. The number of guanidine groups is 1. The quantitative estimate of drug-likeness (QED) is 0.328. The predicted octanol–water partition coefficient (Wildman–Crippen LogP) is 3.84. The van der Waals surface area contributed by atoms with Gasteiger partial charge < -0.3 is 25.0 Å². The molecule has 1 aromatic rings. The molecule has 0 radical (unpaired) electrons. The zero-order valence-corrected chi connectivity index (χ0v) is 18.7. The van der Waals surface area contributed by atoms with Crippen LogP contribution in [0, 0.1) is 0 Å². The predicted molar refractivity (Wildman–Crippen MR) is 123 cm³/mol. The first-order valence-corrected chi connectivity index (χ1v) is 11.9. The summed E-state index contributed by atoms with van der Waals surface area (Å²) in [4.78, 5) is 22.0. The number of rotatable bonds is 4. The van der Waals surface area contributed by atoms with E-state index in [0.29, 0.717) is 23.3 Å². The van der Waals surface area contributed by atoms with Crippen molar-refractivity contribution in [1.29, 1.82) is 0 Å². The molecule has 1 aliphatic carbocycles. The van der Waals surface area contributed by atoms with Crippen molar-refractivity contribution in [2.75, 3.05) is 38.6 Å². The van der Waals surface area contributed by atoms with Crippen molar-refractivity contribution in [3.8, 4) is 5.75 Å². The van der Waals surface area contributed by atoms with E-state index in [1.54, 1.807) is 12.1 Å². The maximum atomic E-state index is 12.0. The molecule has 31 heavy (non-hydrogen) atoms. The van der Waals surface area contributed by atoms with Crippen molar-refractivity contribution < 1.29 is 14.6 Å². The summed E-state index contributed by atoms with van der Waals surface area (Å²) < 4.78 is 4.84. The van der Waals surface area contributed by atoms with Gasteiger partial charge >= 0.3 is 5.97 Å². The van der Waals surface area contributed by atoms with Crippen molar-refractivity contribution >= 4 is 17.6 Å². The lowest BCUT2D eigenvalue weighted by atomic mass is 9.96. The molecule has 0 spiro atoms. The minimum Gasteiger partial charge on any atom is -0.506 e. The van der Waals surface area contributed by atoms with Crippen LogP contribution in [-0.2, 0) is 4.74 Å². The Morgan fingerprint density at radius 1 is 1.03 bits per heavy atom. The Balaban J connectivity index is 1.51. The van der Waals surface area contributed by atoms with Crippen LogP contribution in [0.5, 0.6) is 5.75 Å². The van der Waals surface area contributed by atoms with E-state index in [9.17, 15) is 9.90 Å². The number of methoxy groups -OCH3 is 1. The van der Waals surface area contributed by atoms with E-state index in [2.05, 4.69) is 15.1 Å². The van der Waals surface area contributed by atoms with Crippen LogP contribution in [0.2, 0.25) is 0 Å². The van der Waals surface area contributed by atoms with E-state index >= 15 is 0 Å². The number of ether oxygens (including phenoxy) is 1. The lowest BCUT2D eigenvalue weighted by Crippen LogP contribution is -2.48.